The van der Waals surface area contributed by atoms with Crippen LogP contribution in [0.3, 0.4) is 0 Å². The summed E-state index contributed by atoms with van der Waals surface area (Å²) in [6.45, 7) is 4.29. The molecule has 1 aromatic heterocycles. The quantitative estimate of drug-likeness (QED) is 0.740. The largest absolute Gasteiger partial charge is 0.454 e. The first-order chi connectivity index (χ1) is 13.5. The van der Waals surface area contributed by atoms with E-state index in [9.17, 15) is 14.4 Å². The van der Waals surface area contributed by atoms with Gasteiger partial charge in [0.1, 0.15) is 6.54 Å². The van der Waals surface area contributed by atoms with Crippen molar-refractivity contribution in [2.24, 2.45) is 5.92 Å². The Morgan fingerprint density at radius 2 is 1.75 bits per heavy atom. The van der Waals surface area contributed by atoms with Gasteiger partial charge in [0.2, 0.25) is 0 Å². The van der Waals surface area contributed by atoms with Gasteiger partial charge >= 0.3 is 11.7 Å². The fourth-order valence-electron chi connectivity index (χ4n) is 3.86. The van der Waals surface area contributed by atoms with Gasteiger partial charge in [-0.1, -0.05) is 26.0 Å². The second-order valence-electron chi connectivity index (χ2n) is 7.69. The van der Waals surface area contributed by atoms with Crippen molar-refractivity contribution in [3.05, 3.63) is 34.7 Å². The number of carbonyl (C=O) groups is 2. The molecule has 7 nitrogen and oxygen atoms in total. The normalized spacial score (nSPS) is 19.5. The van der Waals surface area contributed by atoms with Crippen molar-refractivity contribution in [1.29, 1.82) is 0 Å². The molecule has 1 heterocycles. The molecular formula is C21H29N3O4. The minimum absolute atomic E-state index is 0.164. The van der Waals surface area contributed by atoms with Crippen molar-refractivity contribution in [3.8, 4) is 0 Å². The van der Waals surface area contributed by atoms with Crippen molar-refractivity contribution in [2.75, 3.05) is 6.61 Å². The molecule has 2 aromatic rings. The fourth-order valence-corrected chi connectivity index (χ4v) is 3.86. The van der Waals surface area contributed by atoms with Gasteiger partial charge < -0.3 is 10.1 Å². The van der Waals surface area contributed by atoms with Gasteiger partial charge in [0.25, 0.3) is 5.91 Å². The zero-order chi connectivity index (χ0) is 20.1. The Balaban J connectivity index is 1.58. The number of para-hydroxylation sites is 2. The summed E-state index contributed by atoms with van der Waals surface area (Å²) in [6.07, 6.45) is 4.96. The molecule has 0 radical (unpaired) electrons. The molecule has 28 heavy (non-hydrogen) atoms. The van der Waals surface area contributed by atoms with Gasteiger partial charge in [-0.15, -0.1) is 0 Å². The number of aromatic nitrogens is 2. The zero-order valence-corrected chi connectivity index (χ0v) is 16.6. The molecule has 0 unspecified atom stereocenters. The summed E-state index contributed by atoms with van der Waals surface area (Å²) in [5.41, 5.74) is 1.26. The number of esters is 1. The third-order valence-electron chi connectivity index (χ3n) is 5.40. The van der Waals surface area contributed by atoms with Crippen LogP contribution in [0.25, 0.3) is 11.0 Å². The lowest BCUT2D eigenvalue weighted by molar-refractivity contribution is -0.149. The van der Waals surface area contributed by atoms with E-state index in [0.717, 1.165) is 37.6 Å². The molecule has 1 aromatic carbocycles. The average molecular weight is 387 g/mol. The number of amides is 1. The van der Waals surface area contributed by atoms with Crippen LogP contribution in [0.4, 0.5) is 0 Å². The smallest absolute Gasteiger partial charge is 0.329 e. The molecule has 7 heteroatoms. The maximum Gasteiger partial charge on any atom is 0.329 e. The highest BCUT2D eigenvalue weighted by atomic mass is 16.5. The SMILES string of the molecule is CCCn1c(=O)n(CC(=O)OCC(=O)NC2CCC(C)CC2)c2ccccc21. The minimum Gasteiger partial charge on any atom is -0.454 e. The fraction of sp³-hybridized carbons (Fsp3) is 0.571. The average Bonchev–Trinajstić information content (AvgIpc) is 2.94. The lowest BCUT2D eigenvalue weighted by Gasteiger charge is -2.26. The van der Waals surface area contributed by atoms with Crippen molar-refractivity contribution < 1.29 is 14.3 Å². The second-order valence-corrected chi connectivity index (χ2v) is 7.69. The highest BCUT2D eigenvalue weighted by Gasteiger charge is 2.21. The number of nitrogens with one attached hydrogen (secondary N) is 1. The van der Waals surface area contributed by atoms with E-state index in [1.54, 1.807) is 4.57 Å². The Morgan fingerprint density at radius 3 is 2.39 bits per heavy atom. The summed E-state index contributed by atoms with van der Waals surface area (Å²) >= 11 is 0. The van der Waals surface area contributed by atoms with Gasteiger partial charge in [-0.2, -0.15) is 0 Å². The monoisotopic (exact) mass is 387 g/mol. The van der Waals surface area contributed by atoms with Crippen LogP contribution in [-0.4, -0.2) is 33.7 Å². The van der Waals surface area contributed by atoms with Crippen molar-refractivity contribution in [3.63, 3.8) is 0 Å². The van der Waals surface area contributed by atoms with Crippen molar-refractivity contribution in [2.45, 2.75) is 65.1 Å². The molecule has 0 saturated heterocycles. The molecule has 0 atom stereocenters. The number of nitrogens with zero attached hydrogens (tertiary/aromatic N) is 2. The van der Waals surface area contributed by atoms with E-state index in [0.29, 0.717) is 18.0 Å². The number of ether oxygens (including phenoxy) is 1. The predicted octanol–water partition coefficient (Wildman–Crippen LogP) is 2.45. The van der Waals surface area contributed by atoms with Crippen molar-refractivity contribution in [1.82, 2.24) is 14.5 Å². The van der Waals surface area contributed by atoms with Crippen LogP contribution < -0.4 is 11.0 Å². The van der Waals surface area contributed by atoms with Gasteiger partial charge in [0.05, 0.1) is 11.0 Å². The maximum absolute atomic E-state index is 12.7. The molecule has 1 amide bonds. The van der Waals surface area contributed by atoms with Gasteiger partial charge in [0, 0.05) is 12.6 Å². The van der Waals surface area contributed by atoms with Crippen molar-refractivity contribution >= 4 is 22.9 Å². The number of carbonyl (C=O) groups excluding carboxylic acids is 2. The highest BCUT2D eigenvalue weighted by molar-refractivity contribution is 5.82. The third kappa shape index (κ3) is 4.64. The first kappa shape index (κ1) is 20.2. The van der Waals surface area contributed by atoms with E-state index in [1.165, 1.54) is 4.57 Å². The lowest BCUT2D eigenvalue weighted by atomic mass is 9.87. The molecule has 0 aliphatic heterocycles. The summed E-state index contributed by atoms with van der Waals surface area (Å²) in [4.78, 5) is 37.0. The molecule has 0 spiro atoms. The van der Waals surface area contributed by atoms with Crippen LogP contribution >= 0.6 is 0 Å². The lowest BCUT2D eigenvalue weighted by Crippen LogP contribution is -2.40. The summed E-state index contributed by atoms with van der Waals surface area (Å²) in [5, 5.41) is 2.93. The summed E-state index contributed by atoms with van der Waals surface area (Å²) in [6, 6.07) is 7.54. The summed E-state index contributed by atoms with van der Waals surface area (Å²) < 4.78 is 8.20. The Kier molecular flexibility index (Phi) is 6.54. The van der Waals surface area contributed by atoms with Crippen LogP contribution in [0.1, 0.15) is 46.0 Å². The van der Waals surface area contributed by atoms with Gasteiger partial charge in [-0.25, -0.2) is 4.79 Å². The molecule has 0 bridgehead atoms. The maximum atomic E-state index is 12.7. The van der Waals surface area contributed by atoms with E-state index in [2.05, 4.69) is 12.2 Å². The van der Waals surface area contributed by atoms with Crippen LogP contribution in [0.2, 0.25) is 0 Å². The zero-order valence-electron chi connectivity index (χ0n) is 16.6. The molecule has 1 aliphatic rings. The van der Waals surface area contributed by atoms with E-state index < -0.39 is 5.97 Å². The van der Waals surface area contributed by atoms with E-state index in [4.69, 9.17) is 4.74 Å². The number of hydrogen-bond donors (Lipinski definition) is 1. The number of imidazole rings is 1. The van der Waals surface area contributed by atoms with Crippen LogP contribution in [0.15, 0.2) is 29.1 Å². The highest BCUT2D eigenvalue weighted by Crippen LogP contribution is 2.23. The summed E-state index contributed by atoms with van der Waals surface area (Å²) in [5.74, 6) is -0.165. The number of hydrogen-bond acceptors (Lipinski definition) is 4. The second kappa shape index (κ2) is 9.08. The molecule has 1 aliphatic carbocycles. The number of fused-ring (bicyclic) bond motifs is 1. The Labute approximate surface area is 164 Å². The first-order valence-corrected chi connectivity index (χ1v) is 10.1. The minimum atomic E-state index is -0.589. The molecular weight excluding hydrogens is 358 g/mol. The van der Waals surface area contributed by atoms with Gasteiger partial charge in [0.15, 0.2) is 6.61 Å². The van der Waals surface area contributed by atoms with Gasteiger partial charge in [-0.3, -0.25) is 18.7 Å². The van der Waals surface area contributed by atoms with Crippen LogP contribution in [0, 0.1) is 5.92 Å². The predicted molar refractivity (Wildman–Crippen MR) is 107 cm³/mol. The van der Waals surface area contributed by atoms with E-state index >= 15 is 0 Å². The van der Waals surface area contributed by atoms with Crippen LogP contribution in [0.5, 0.6) is 0 Å². The van der Waals surface area contributed by atoms with E-state index in [1.807, 2.05) is 31.2 Å². The Bertz CT molecular complexity index is 891. The molecule has 152 valence electrons. The topological polar surface area (TPSA) is 82.3 Å². The first-order valence-electron chi connectivity index (χ1n) is 10.1. The standard InChI is InChI=1S/C21H29N3O4/c1-3-12-23-17-6-4-5-7-18(17)24(21(23)27)13-20(26)28-14-19(25)22-16-10-8-15(2)9-11-16/h4-7,15-16H,3,8-14H2,1-2H3,(H,22,25). The number of rotatable bonds is 7. The number of benzene rings is 1. The van der Waals surface area contributed by atoms with Crippen LogP contribution in [-0.2, 0) is 27.4 Å². The van der Waals surface area contributed by atoms with Gasteiger partial charge in [-0.05, 0) is 50.2 Å². The third-order valence-corrected chi connectivity index (χ3v) is 5.40. The van der Waals surface area contributed by atoms with E-state index in [-0.39, 0.29) is 30.8 Å². The Hall–Kier alpha value is -2.57. The molecule has 1 saturated carbocycles. The molecule has 3 rings (SSSR count). The Morgan fingerprint density at radius 1 is 1.11 bits per heavy atom. The molecule has 1 fully saturated rings. The number of aryl methyl sites for hydroxylation is 1. The molecule has 1 N–H and O–H groups in total. The summed E-state index contributed by atoms with van der Waals surface area (Å²) in [7, 11) is 0.